The van der Waals surface area contributed by atoms with Crippen molar-refractivity contribution in [2.75, 3.05) is 18.8 Å². The number of hydrogen-bond acceptors (Lipinski definition) is 6. The van der Waals surface area contributed by atoms with Gasteiger partial charge in [-0.3, -0.25) is 4.79 Å². The lowest BCUT2D eigenvalue weighted by Crippen LogP contribution is -2.41. The molecule has 6 nitrogen and oxygen atoms in total. The number of hydrogen-bond donors (Lipinski definition) is 0. The Hall–Kier alpha value is -2.45. The van der Waals surface area contributed by atoms with E-state index >= 15 is 0 Å². The lowest BCUT2D eigenvalue weighted by Gasteiger charge is -2.31. The van der Waals surface area contributed by atoms with Gasteiger partial charge in [-0.2, -0.15) is 0 Å². The Balaban J connectivity index is 1.40. The second kappa shape index (κ2) is 8.35. The molecular formula is C22H24N2O4S2. The predicted molar refractivity (Wildman–Crippen MR) is 118 cm³/mol. The Bertz CT molecular complexity index is 1180. The molecule has 0 spiro atoms. The molecule has 1 amide bonds. The fraction of sp³-hybridized carbons (Fsp3) is 0.364. The molecular weight excluding hydrogens is 420 g/mol. The van der Waals surface area contributed by atoms with Crippen LogP contribution in [0.3, 0.4) is 0 Å². The molecule has 0 N–H and O–H groups in total. The normalized spacial score (nSPS) is 15.5. The standard InChI is InChI=1S/C22H24N2O4S2/c1-3-30(26,27)18-8-5-7-16(14-18)21(25)24-12-10-17(11-13-24)28-22-23-20-15(2)6-4-9-19(20)29-22/h4-9,14,17H,3,10-13H2,1-2H3. The smallest absolute Gasteiger partial charge is 0.274 e. The van der Waals surface area contributed by atoms with Crippen LogP contribution in [0.4, 0.5) is 0 Å². The molecule has 8 heteroatoms. The summed E-state index contributed by atoms with van der Waals surface area (Å²) in [6.45, 7) is 4.77. The fourth-order valence-corrected chi connectivity index (χ4v) is 5.49. The van der Waals surface area contributed by atoms with Crippen molar-refractivity contribution in [3.8, 4) is 5.19 Å². The van der Waals surface area contributed by atoms with Crippen LogP contribution in [0.5, 0.6) is 5.19 Å². The number of rotatable bonds is 5. The number of nitrogens with zero attached hydrogens (tertiary/aromatic N) is 2. The number of piperidine rings is 1. The molecule has 3 aromatic rings. The van der Waals surface area contributed by atoms with Gasteiger partial charge in [-0.25, -0.2) is 13.4 Å². The van der Waals surface area contributed by atoms with Gasteiger partial charge in [0.1, 0.15) is 6.10 Å². The summed E-state index contributed by atoms with van der Waals surface area (Å²) in [5.41, 5.74) is 2.52. The minimum atomic E-state index is -3.34. The zero-order valence-electron chi connectivity index (χ0n) is 17.0. The first-order chi connectivity index (χ1) is 14.4. The van der Waals surface area contributed by atoms with Crippen LogP contribution in [0.15, 0.2) is 47.4 Å². The summed E-state index contributed by atoms with van der Waals surface area (Å²) in [5.74, 6) is -0.129. The molecule has 30 heavy (non-hydrogen) atoms. The highest BCUT2D eigenvalue weighted by atomic mass is 32.2. The van der Waals surface area contributed by atoms with Gasteiger partial charge in [-0.1, -0.05) is 36.5 Å². The molecule has 0 saturated carbocycles. The van der Waals surface area contributed by atoms with Gasteiger partial charge in [0.2, 0.25) is 0 Å². The number of carbonyl (C=O) groups excluding carboxylic acids is 1. The SMILES string of the molecule is CCS(=O)(=O)c1cccc(C(=O)N2CCC(Oc3nc4c(C)cccc4s3)CC2)c1. The van der Waals surface area contributed by atoms with Crippen LogP contribution in [0.2, 0.25) is 0 Å². The number of benzene rings is 2. The number of carbonyl (C=O) groups is 1. The number of fused-ring (bicyclic) bond motifs is 1. The maximum Gasteiger partial charge on any atom is 0.274 e. The number of sulfone groups is 1. The van der Waals surface area contributed by atoms with E-state index in [0.29, 0.717) is 36.7 Å². The highest BCUT2D eigenvalue weighted by molar-refractivity contribution is 7.91. The van der Waals surface area contributed by atoms with Crippen molar-refractivity contribution in [1.82, 2.24) is 9.88 Å². The van der Waals surface area contributed by atoms with Gasteiger partial charge in [0.25, 0.3) is 11.1 Å². The third kappa shape index (κ3) is 4.20. The summed E-state index contributed by atoms with van der Waals surface area (Å²) >= 11 is 1.54. The van der Waals surface area contributed by atoms with Crippen LogP contribution >= 0.6 is 11.3 Å². The molecule has 2 heterocycles. The molecule has 0 radical (unpaired) electrons. The van der Waals surface area contributed by atoms with Crippen LogP contribution in [0.25, 0.3) is 10.2 Å². The zero-order valence-corrected chi connectivity index (χ0v) is 18.6. The maximum absolute atomic E-state index is 12.9. The summed E-state index contributed by atoms with van der Waals surface area (Å²) in [6.07, 6.45) is 1.45. The summed E-state index contributed by atoms with van der Waals surface area (Å²) in [7, 11) is -3.34. The minimum absolute atomic E-state index is 0.0126. The number of aromatic nitrogens is 1. The second-order valence-electron chi connectivity index (χ2n) is 7.44. The van der Waals surface area contributed by atoms with Crippen molar-refractivity contribution in [2.45, 2.75) is 37.7 Å². The van der Waals surface area contributed by atoms with Crippen molar-refractivity contribution in [3.05, 3.63) is 53.6 Å². The predicted octanol–water partition coefficient (Wildman–Crippen LogP) is 4.08. The number of likely N-dealkylation sites (tertiary alicyclic amines) is 1. The van der Waals surface area contributed by atoms with Crippen molar-refractivity contribution in [3.63, 3.8) is 0 Å². The van der Waals surface area contributed by atoms with Crippen molar-refractivity contribution in [1.29, 1.82) is 0 Å². The molecule has 1 aromatic heterocycles. The monoisotopic (exact) mass is 444 g/mol. The van der Waals surface area contributed by atoms with E-state index in [1.165, 1.54) is 12.1 Å². The van der Waals surface area contributed by atoms with Gasteiger partial charge in [-0.15, -0.1) is 0 Å². The van der Waals surface area contributed by atoms with Crippen molar-refractivity contribution < 1.29 is 17.9 Å². The van der Waals surface area contributed by atoms with Gasteiger partial charge in [0.05, 0.1) is 20.9 Å². The third-order valence-electron chi connectivity index (χ3n) is 5.42. The van der Waals surface area contributed by atoms with Crippen LogP contribution < -0.4 is 4.74 Å². The van der Waals surface area contributed by atoms with E-state index in [1.807, 2.05) is 25.1 Å². The summed E-state index contributed by atoms with van der Waals surface area (Å²) in [6, 6.07) is 12.4. The summed E-state index contributed by atoms with van der Waals surface area (Å²) < 4.78 is 31.4. The maximum atomic E-state index is 12.9. The number of thiazole rings is 1. The molecule has 0 bridgehead atoms. The molecule has 1 saturated heterocycles. The molecule has 1 fully saturated rings. The highest BCUT2D eigenvalue weighted by Crippen LogP contribution is 2.31. The Morgan fingerprint density at radius 2 is 1.93 bits per heavy atom. The largest absolute Gasteiger partial charge is 0.467 e. The van der Waals surface area contributed by atoms with Crippen molar-refractivity contribution >= 4 is 37.3 Å². The number of ether oxygens (including phenoxy) is 1. The van der Waals surface area contributed by atoms with Gasteiger partial charge < -0.3 is 9.64 Å². The van der Waals surface area contributed by atoms with Crippen LogP contribution in [0.1, 0.15) is 35.7 Å². The number of amides is 1. The lowest BCUT2D eigenvalue weighted by molar-refractivity contribution is 0.0595. The van der Waals surface area contributed by atoms with E-state index in [9.17, 15) is 13.2 Å². The quantitative estimate of drug-likeness (QED) is 0.593. The van der Waals surface area contributed by atoms with E-state index in [2.05, 4.69) is 4.98 Å². The van der Waals surface area contributed by atoms with E-state index in [1.54, 1.807) is 35.3 Å². The van der Waals surface area contributed by atoms with Crippen LogP contribution in [0, 0.1) is 6.92 Å². The van der Waals surface area contributed by atoms with E-state index in [4.69, 9.17) is 4.74 Å². The minimum Gasteiger partial charge on any atom is -0.467 e. The Labute approximate surface area is 180 Å². The average Bonchev–Trinajstić information content (AvgIpc) is 3.18. The molecule has 158 valence electrons. The zero-order chi connectivity index (χ0) is 21.3. The molecule has 4 rings (SSSR count). The third-order valence-corrected chi connectivity index (χ3v) is 8.06. The molecule has 1 aliphatic heterocycles. The first-order valence-electron chi connectivity index (χ1n) is 10.0. The van der Waals surface area contributed by atoms with Gasteiger partial charge >= 0.3 is 0 Å². The second-order valence-corrected chi connectivity index (χ2v) is 10.7. The number of aryl methyl sites for hydroxylation is 1. The highest BCUT2D eigenvalue weighted by Gasteiger charge is 2.26. The molecule has 0 unspecified atom stereocenters. The Morgan fingerprint density at radius 1 is 1.20 bits per heavy atom. The number of para-hydroxylation sites is 1. The van der Waals surface area contributed by atoms with Gasteiger partial charge in [0, 0.05) is 31.5 Å². The first-order valence-corrected chi connectivity index (χ1v) is 12.5. The molecule has 2 aromatic carbocycles. The fourth-order valence-electron chi connectivity index (χ4n) is 3.61. The Kier molecular flexibility index (Phi) is 5.79. The first kappa shape index (κ1) is 20.8. The topological polar surface area (TPSA) is 76.6 Å². The van der Waals surface area contributed by atoms with Crippen LogP contribution in [-0.4, -0.2) is 49.2 Å². The average molecular weight is 445 g/mol. The summed E-state index contributed by atoms with van der Waals surface area (Å²) in [4.78, 5) is 19.4. The Morgan fingerprint density at radius 3 is 2.63 bits per heavy atom. The molecule has 1 aliphatic rings. The molecule has 0 aliphatic carbocycles. The van der Waals surface area contributed by atoms with Gasteiger partial charge in [-0.05, 0) is 36.8 Å². The van der Waals surface area contributed by atoms with E-state index < -0.39 is 9.84 Å². The summed E-state index contributed by atoms with van der Waals surface area (Å²) in [5, 5.41) is 0.668. The van der Waals surface area contributed by atoms with Crippen molar-refractivity contribution in [2.24, 2.45) is 0 Å². The van der Waals surface area contributed by atoms with E-state index in [-0.39, 0.29) is 22.7 Å². The van der Waals surface area contributed by atoms with Gasteiger partial charge in [0.15, 0.2) is 9.84 Å². The lowest BCUT2D eigenvalue weighted by atomic mass is 10.1. The van der Waals surface area contributed by atoms with Crippen LogP contribution in [-0.2, 0) is 9.84 Å². The van der Waals surface area contributed by atoms with E-state index in [0.717, 1.165) is 15.8 Å². The molecule has 0 atom stereocenters.